The van der Waals surface area contributed by atoms with Crippen LogP contribution in [0.3, 0.4) is 0 Å². The molecule has 3 rings (SSSR count). The van der Waals surface area contributed by atoms with Crippen LogP contribution in [-0.2, 0) is 16.1 Å². The number of nitrogens with zero attached hydrogens (tertiary/aromatic N) is 3. The lowest BCUT2D eigenvalue weighted by molar-refractivity contribution is -0.142. The summed E-state index contributed by atoms with van der Waals surface area (Å²) in [6, 6.07) is 5.49. The quantitative estimate of drug-likeness (QED) is 0.363. The third-order valence-electron chi connectivity index (χ3n) is 7.41. The molecule has 3 heterocycles. The minimum Gasteiger partial charge on any atom is -0.354 e. The summed E-state index contributed by atoms with van der Waals surface area (Å²) >= 11 is 0. The number of likely N-dealkylation sites (tertiary alicyclic amines) is 2. The maximum atomic E-state index is 13.4. The van der Waals surface area contributed by atoms with Crippen molar-refractivity contribution in [3.8, 4) is 0 Å². The maximum absolute atomic E-state index is 13.4. The molecule has 0 saturated carbocycles. The van der Waals surface area contributed by atoms with Gasteiger partial charge in [0.25, 0.3) is 0 Å². The summed E-state index contributed by atoms with van der Waals surface area (Å²) in [6.45, 7) is 5.29. The Morgan fingerprint density at radius 2 is 1.59 bits per heavy atom. The average Bonchev–Trinajstić information content (AvgIpc) is 3.53. The van der Waals surface area contributed by atoms with Crippen LogP contribution in [-0.4, -0.2) is 58.3 Å². The standard InChI is InChI=1S/C28H46N4O2/c1-2-3-4-5-6-7-8-9-10-12-20-30-27(33)25-17-15-22-32(25)28(34)26-18-14-21-31(26)23-24-16-11-13-19-29-24/h11,13,16,19,25-26H,2-10,12,14-15,17-18,20-23H2,1H3,(H,30,33). The number of rotatable bonds is 15. The highest BCUT2D eigenvalue weighted by molar-refractivity contribution is 5.90. The summed E-state index contributed by atoms with van der Waals surface area (Å²) in [5.74, 6) is 0.168. The summed E-state index contributed by atoms with van der Waals surface area (Å²) in [4.78, 5) is 34.8. The van der Waals surface area contributed by atoms with E-state index in [4.69, 9.17) is 0 Å². The van der Waals surface area contributed by atoms with Gasteiger partial charge in [-0.15, -0.1) is 0 Å². The molecule has 0 radical (unpaired) electrons. The number of pyridine rings is 1. The molecule has 2 aliphatic heterocycles. The molecule has 6 heteroatoms. The van der Waals surface area contributed by atoms with Crippen LogP contribution in [0.2, 0.25) is 0 Å². The molecule has 1 aromatic heterocycles. The molecular weight excluding hydrogens is 424 g/mol. The van der Waals surface area contributed by atoms with E-state index in [2.05, 4.69) is 22.1 Å². The van der Waals surface area contributed by atoms with Gasteiger partial charge in [0.1, 0.15) is 6.04 Å². The van der Waals surface area contributed by atoms with Gasteiger partial charge >= 0.3 is 0 Å². The smallest absolute Gasteiger partial charge is 0.242 e. The average molecular weight is 471 g/mol. The molecule has 2 aliphatic rings. The number of carbonyl (C=O) groups is 2. The summed E-state index contributed by atoms with van der Waals surface area (Å²) < 4.78 is 0. The summed E-state index contributed by atoms with van der Waals surface area (Å²) in [6.07, 6.45) is 18.3. The summed E-state index contributed by atoms with van der Waals surface area (Å²) in [5.41, 5.74) is 0.995. The van der Waals surface area contributed by atoms with Crippen molar-refractivity contribution < 1.29 is 9.59 Å². The highest BCUT2D eigenvalue weighted by Crippen LogP contribution is 2.26. The van der Waals surface area contributed by atoms with Gasteiger partial charge < -0.3 is 10.2 Å². The van der Waals surface area contributed by atoms with Crippen LogP contribution in [0.25, 0.3) is 0 Å². The summed E-state index contributed by atoms with van der Waals surface area (Å²) in [5, 5.41) is 3.12. The first-order valence-corrected chi connectivity index (χ1v) is 13.9. The minimum absolute atomic E-state index is 0.0380. The SMILES string of the molecule is CCCCCCCCCCCCNC(=O)C1CCCN1C(=O)C1CCCN1Cc1ccccn1. The van der Waals surface area contributed by atoms with Crippen molar-refractivity contribution in [3.63, 3.8) is 0 Å². The number of unbranched alkanes of at least 4 members (excludes halogenated alkanes) is 9. The number of hydrogen-bond acceptors (Lipinski definition) is 4. The topological polar surface area (TPSA) is 65.5 Å². The third kappa shape index (κ3) is 8.37. The van der Waals surface area contributed by atoms with Gasteiger partial charge in [0.15, 0.2) is 0 Å². The zero-order valence-electron chi connectivity index (χ0n) is 21.4. The molecule has 2 amide bonds. The highest BCUT2D eigenvalue weighted by atomic mass is 16.2. The van der Waals surface area contributed by atoms with Crippen LogP contribution >= 0.6 is 0 Å². The fourth-order valence-electron chi connectivity index (χ4n) is 5.43. The molecule has 0 bridgehead atoms. The number of carbonyl (C=O) groups excluding carboxylic acids is 2. The van der Waals surface area contributed by atoms with Gasteiger partial charge in [0, 0.05) is 25.8 Å². The molecule has 1 N–H and O–H groups in total. The van der Waals surface area contributed by atoms with Crippen LogP contribution in [0, 0.1) is 0 Å². The Hall–Kier alpha value is -1.95. The fraction of sp³-hybridized carbons (Fsp3) is 0.750. The Morgan fingerprint density at radius 1 is 0.912 bits per heavy atom. The van der Waals surface area contributed by atoms with E-state index >= 15 is 0 Å². The first kappa shape index (κ1) is 26.7. The zero-order valence-corrected chi connectivity index (χ0v) is 21.4. The van der Waals surface area contributed by atoms with Gasteiger partial charge in [-0.1, -0.05) is 70.8 Å². The van der Waals surface area contributed by atoms with E-state index in [1.54, 1.807) is 6.20 Å². The van der Waals surface area contributed by atoms with E-state index in [-0.39, 0.29) is 23.9 Å². The summed E-state index contributed by atoms with van der Waals surface area (Å²) in [7, 11) is 0. The second-order valence-corrected chi connectivity index (χ2v) is 10.1. The van der Waals surface area contributed by atoms with Crippen molar-refractivity contribution in [2.75, 3.05) is 19.6 Å². The number of aromatic nitrogens is 1. The minimum atomic E-state index is -0.298. The predicted molar refractivity (Wildman–Crippen MR) is 137 cm³/mol. The monoisotopic (exact) mass is 470 g/mol. The normalized spacial score (nSPS) is 20.7. The van der Waals surface area contributed by atoms with Gasteiger partial charge in [-0.3, -0.25) is 19.5 Å². The van der Waals surface area contributed by atoms with Crippen molar-refractivity contribution in [3.05, 3.63) is 30.1 Å². The zero-order chi connectivity index (χ0) is 24.0. The Bertz CT molecular complexity index is 726. The molecule has 0 aliphatic carbocycles. The van der Waals surface area contributed by atoms with Crippen molar-refractivity contribution in [1.82, 2.24) is 20.1 Å². The Labute approximate surface area is 206 Å². The van der Waals surface area contributed by atoms with E-state index in [1.807, 2.05) is 23.1 Å². The lowest BCUT2D eigenvalue weighted by atomic mass is 10.1. The van der Waals surface area contributed by atoms with Crippen molar-refractivity contribution in [2.45, 2.75) is 115 Å². The second kappa shape index (κ2) is 15.1. The maximum Gasteiger partial charge on any atom is 0.242 e. The Morgan fingerprint density at radius 3 is 2.29 bits per heavy atom. The number of hydrogen-bond donors (Lipinski definition) is 1. The molecule has 1 aromatic rings. The van der Waals surface area contributed by atoms with Crippen LogP contribution in [0.4, 0.5) is 0 Å². The van der Waals surface area contributed by atoms with Crippen molar-refractivity contribution in [2.24, 2.45) is 0 Å². The molecule has 2 unspecified atom stereocenters. The van der Waals surface area contributed by atoms with E-state index in [0.29, 0.717) is 13.1 Å². The molecule has 2 fully saturated rings. The van der Waals surface area contributed by atoms with Crippen molar-refractivity contribution >= 4 is 11.8 Å². The lowest BCUT2D eigenvalue weighted by Gasteiger charge is -2.30. The van der Waals surface area contributed by atoms with Crippen LogP contribution in [0.5, 0.6) is 0 Å². The van der Waals surface area contributed by atoms with E-state index in [0.717, 1.165) is 50.9 Å². The molecule has 0 spiro atoms. The van der Waals surface area contributed by atoms with Gasteiger partial charge in [0.2, 0.25) is 11.8 Å². The first-order valence-electron chi connectivity index (χ1n) is 13.9. The molecule has 190 valence electrons. The molecule has 6 nitrogen and oxygen atoms in total. The molecule has 0 aromatic carbocycles. The molecule has 2 atom stereocenters. The molecule has 2 saturated heterocycles. The van der Waals surface area contributed by atoms with Crippen LogP contribution < -0.4 is 5.32 Å². The van der Waals surface area contributed by atoms with E-state index in [9.17, 15) is 9.59 Å². The van der Waals surface area contributed by atoms with Gasteiger partial charge in [-0.25, -0.2) is 0 Å². The fourth-order valence-corrected chi connectivity index (χ4v) is 5.43. The van der Waals surface area contributed by atoms with Crippen molar-refractivity contribution in [1.29, 1.82) is 0 Å². The number of nitrogens with one attached hydrogen (secondary N) is 1. The largest absolute Gasteiger partial charge is 0.354 e. The highest BCUT2D eigenvalue weighted by Gasteiger charge is 2.40. The lowest BCUT2D eigenvalue weighted by Crippen LogP contribution is -2.51. The van der Waals surface area contributed by atoms with Gasteiger partial charge in [-0.2, -0.15) is 0 Å². The van der Waals surface area contributed by atoms with Crippen LogP contribution in [0.15, 0.2) is 24.4 Å². The molecular formula is C28H46N4O2. The third-order valence-corrected chi connectivity index (χ3v) is 7.41. The van der Waals surface area contributed by atoms with E-state index in [1.165, 1.54) is 57.8 Å². The second-order valence-electron chi connectivity index (χ2n) is 10.1. The molecule has 34 heavy (non-hydrogen) atoms. The van der Waals surface area contributed by atoms with Crippen LogP contribution in [0.1, 0.15) is 103 Å². The Balaban J connectivity index is 1.34. The van der Waals surface area contributed by atoms with E-state index < -0.39 is 0 Å². The first-order chi connectivity index (χ1) is 16.7. The predicted octanol–water partition coefficient (Wildman–Crippen LogP) is 5.07. The Kier molecular flexibility index (Phi) is 11.9. The van der Waals surface area contributed by atoms with Gasteiger partial charge in [0.05, 0.1) is 11.7 Å². The number of amides is 2. The van der Waals surface area contributed by atoms with Gasteiger partial charge in [-0.05, 0) is 50.8 Å².